The van der Waals surface area contributed by atoms with Crippen molar-refractivity contribution in [3.63, 3.8) is 0 Å². The van der Waals surface area contributed by atoms with Crippen LogP contribution in [-0.4, -0.2) is 27.9 Å². The zero-order chi connectivity index (χ0) is 14.9. The van der Waals surface area contributed by atoms with E-state index in [2.05, 4.69) is 29.2 Å². The molecular formula is C16H24N4O. The van der Waals surface area contributed by atoms with Gasteiger partial charge in [-0.2, -0.15) is 5.10 Å². The number of rotatable bonds is 9. The van der Waals surface area contributed by atoms with E-state index < -0.39 is 0 Å². The molecule has 21 heavy (non-hydrogen) atoms. The van der Waals surface area contributed by atoms with Gasteiger partial charge < -0.3 is 10.1 Å². The lowest BCUT2D eigenvalue weighted by atomic mass is 10.2. The Morgan fingerprint density at radius 3 is 2.81 bits per heavy atom. The first-order chi connectivity index (χ1) is 10.3. The van der Waals surface area contributed by atoms with Crippen molar-refractivity contribution >= 4 is 0 Å². The molecule has 0 saturated heterocycles. The number of hydrogen-bond donors (Lipinski definition) is 1. The van der Waals surface area contributed by atoms with Crippen LogP contribution in [0.1, 0.15) is 26.1 Å². The van der Waals surface area contributed by atoms with Gasteiger partial charge in [-0.3, -0.25) is 0 Å². The summed E-state index contributed by atoms with van der Waals surface area (Å²) >= 11 is 0. The molecule has 2 rings (SSSR count). The molecule has 1 N–H and O–H groups in total. The van der Waals surface area contributed by atoms with E-state index in [-0.39, 0.29) is 0 Å². The third-order valence-corrected chi connectivity index (χ3v) is 3.06. The molecular weight excluding hydrogens is 264 g/mol. The van der Waals surface area contributed by atoms with Crippen molar-refractivity contribution in [3.05, 3.63) is 42.5 Å². The highest BCUT2D eigenvalue weighted by atomic mass is 16.5. The normalized spacial score (nSPS) is 11.0. The van der Waals surface area contributed by atoms with Gasteiger partial charge in [-0.05, 0) is 24.6 Å². The smallest absolute Gasteiger partial charge is 0.140 e. The van der Waals surface area contributed by atoms with Crippen LogP contribution < -0.4 is 10.1 Å². The Hall–Kier alpha value is -1.88. The predicted molar refractivity (Wildman–Crippen MR) is 83.1 cm³/mol. The molecule has 1 aromatic carbocycles. The fraction of sp³-hybridized carbons (Fsp3) is 0.500. The minimum atomic E-state index is 0.639. The summed E-state index contributed by atoms with van der Waals surface area (Å²) in [4.78, 5) is 4.30. The van der Waals surface area contributed by atoms with E-state index in [1.807, 2.05) is 35.0 Å². The van der Waals surface area contributed by atoms with Crippen molar-refractivity contribution in [2.24, 2.45) is 5.92 Å². The quantitative estimate of drug-likeness (QED) is 0.720. The molecule has 0 radical (unpaired) electrons. The molecule has 2 aromatic rings. The van der Waals surface area contributed by atoms with Crippen LogP contribution in [-0.2, 0) is 13.1 Å². The number of nitrogens with zero attached hydrogens (tertiary/aromatic N) is 3. The van der Waals surface area contributed by atoms with Crippen molar-refractivity contribution in [1.82, 2.24) is 20.1 Å². The molecule has 0 aliphatic rings. The van der Waals surface area contributed by atoms with Crippen molar-refractivity contribution < 1.29 is 4.74 Å². The number of ether oxygens (including phenoxy) is 1. The summed E-state index contributed by atoms with van der Waals surface area (Å²) in [6.07, 6.45) is 2.53. The van der Waals surface area contributed by atoms with Crippen LogP contribution in [0.15, 0.2) is 36.7 Å². The van der Waals surface area contributed by atoms with Crippen molar-refractivity contribution in [1.29, 1.82) is 0 Å². The lowest BCUT2D eigenvalue weighted by molar-refractivity contribution is 0.297. The lowest BCUT2D eigenvalue weighted by Crippen LogP contribution is -2.22. The molecule has 0 spiro atoms. The molecule has 0 bridgehead atoms. The summed E-state index contributed by atoms with van der Waals surface area (Å²) in [5.41, 5.74) is 0. The average molecular weight is 288 g/mol. The summed E-state index contributed by atoms with van der Waals surface area (Å²) in [5, 5.41) is 7.66. The van der Waals surface area contributed by atoms with Gasteiger partial charge in [0.2, 0.25) is 0 Å². The Balaban J connectivity index is 1.70. The van der Waals surface area contributed by atoms with E-state index in [9.17, 15) is 0 Å². The Morgan fingerprint density at radius 2 is 2.05 bits per heavy atom. The maximum Gasteiger partial charge on any atom is 0.140 e. The number of para-hydroxylation sites is 1. The summed E-state index contributed by atoms with van der Waals surface area (Å²) in [5.74, 6) is 2.53. The van der Waals surface area contributed by atoms with E-state index >= 15 is 0 Å². The Morgan fingerprint density at radius 1 is 1.24 bits per heavy atom. The fourth-order valence-electron chi connectivity index (χ4n) is 2.01. The number of nitrogens with one attached hydrogen (secondary N) is 1. The van der Waals surface area contributed by atoms with Gasteiger partial charge in [0.15, 0.2) is 0 Å². The molecule has 5 heteroatoms. The summed E-state index contributed by atoms with van der Waals surface area (Å²) in [7, 11) is 0. The zero-order valence-corrected chi connectivity index (χ0v) is 12.8. The van der Waals surface area contributed by atoms with E-state index in [4.69, 9.17) is 4.74 Å². The second-order valence-electron chi connectivity index (χ2n) is 5.44. The number of hydrogen-bond acceptors (Lipinski definition) is 4. The van der Waals surface area contributed by atoms with Gasteiger partial charge in [-0.1, -0.05) is 32.0 Å². The zero-order valence-electron chi connectivity index (χ0n) is 12.8. The minimum Gasteiger partial charge on any atom is -0.494 e. The van der Waals surface area contributed by atoms with Crippen LogP contribution in [0.5, 0.6) is 5.75 Å². The van der Waals surface area contributed by atoms with Crippen molar-refractivity contribution in [3.8, 4) is 5.75 Å². The lowest BCUT2D eigenvalue weighted by Gasteiger charge is -2.09. The van der Waals surface area contributed by atoms with Gasteiger partial charge in [0.05, 0.1) is 13.2 Å². The van der Waals surface area contributed by atoms with Crippen LogP contribution in [0.3, 0.4) is 0 Å². The molecule has 0 aliphatic carbocycles. The highest BCUT2D eigenvalue weighted by Crippen LogP contribution is 2.08. The molecule has 1 aromatic heterocycles. The summed E-state index contributed by atoms with van der Waals surface area (Å²) in [6.45, 7) is 7.65. The standard InChI is InChI=1S/C16H24N4O/c1-14(2)11-17-12-16-18-13-19-20(16)9-6-10-21-15-7-4-3-5-8-15/h3-5,7-8,13-14,17H,6,9-12H2,1-2H3. The molecule has 1 heterocycles. The van der Waals surface area contributed by atoms with Crippen LogP contribution >= 0.6 is 0 Å². The maximum atomic E-state index is 5.68. The molecule has 0 saturated carbocycles. The average Bonchev–Trinajstić information content (AvgIpc) is 2.92. The monoisotopic (exact) mass is 288 g/mol. The summed E-state index contributed by atoms with van der Waals surface area (Å²) < 4.78 is 7.63. The second-order valence-corrected chi connectivity index (χ2v) is 5.44. The minimum absolute atomic E-state index is 0.639. The number of benzene rings is 1. The first-order valence-electron chi connectivity index (χ1n) is 7.51. The van der Waals surface area contributed by atoms with Gasteiger partial charge in [-0.25, -0.2) is 9.67 Å². The molecule has 0 unspecified atom stereocenters. The Bertz CT molecular complexity index is 510. The van der Waals surface area contributed by atoms with Crippen LogP contribution in [0.25, 0.3) is 0 Å². The highest BCUT2D eigenvalue weighted by Gasteiger charge is 2.04. The van der Waals surface area contributed by atoms with Crippen LogP contribution in [0, 0.1) is 5.92 Å². The van der Waals surface area contributed by atoms with Crippen LogP contribution in [0.2, 0.25) is 0 Å². The third kappa shape index (κ3) is 5.55. The Labute approximate surface area is 126 Å². The SMILES string of the molecule is CC(C)CNCc1ncnn1CCCOc1ccccc1. The van der Waals surface area contributed by atoms with Gasteiger partial charge in [0.25, 0.3) is 0 Å². The van der Waals surface area contributed by atoms with Crippen LogP contribution in [0.4, 0.5) is 0 Å². The second kappa shape index (κ2) is 8.42. The van der Waals surface area contributed by atoms with E-state index in [1.54, 1.807) is 6.33 Å². The van der Waals surface area contributed by atoms with E-state index in [1.165, 1.54) is 0 Å². The Kier molecular flexibility index (Phi) is 6.22. The van der Waals surface area contributed by atoms with Gasteiger partial charge in [0.1, 0.15) is 17.9 Å². The maximum absolute atomic E-state index is 5.68. The molecule has 0 amide bonds. The topological polar surface area (TPSA) is 52.0 Å². The van der Waals surface area contributed by atoms with Crippen molar-refractivity contribution in [2.45, 2.75) is 33.4 Å². The fourth-order valence-corrected chi connectivity index (χ4v) is 2.01. The largest absolute Gasteiger partial charge is 0.494 e. The van der Waals surface area contributed by atoms with Gasteiger partial charge >= 0.3 is 0 Å². The summed E-state index contributed by atoms with van der Waals surface area (Å²) in [6, 6.07) is 9.88. The van der Waals surface area contributed by atoms with Crippen molar-refractivity contribution in [2.75, 3.05) is 13.2 Å². The molecule has 0 atom stereocenters. The van der Waals surface area contributed by atoms with E-state index in [0.717, 1.165) is 37.6 Å². The van der Waals surface area contributed by atoms with Gasteiger partial charge in [-0.15, -0.1) is 0 Å². The number of aryl methyl sites for hydroxylation is 1. The molecule has 0 aliphatic heterocycles. The highest BCUT2D eigenvalue weighted by molar-refractivity contribution is 5.20. The number of aromatic nitrogens is 3. The predicted octanol–water partition coefficient (Wildman–Crippen LogP) is 2.49. The first-order valence-corrected chi connectivity index (χ1v) is 7.51. The molecule has 114 valence electrons. The van der Waals surface area contributed by atoms with Gasteiger partial charge in [0, 0.05) is 13.0 Å². The molecule has 0 fully saturated rings. The van der Waals surface area contributed by atoms with E-state index in [0.29, 0.717) is 12.5 Å². The third-order valence-electron chi connectivity index (χ3n) is 3.06. The first kappa shape index (κ1) is 15.5. The molecule has 5 nitrogen and oxygen atoms in total.